The number of likely N-dealkylation sites (tertiary alicyclic amines) is 1. The van der Waals surface area contributed by atoms with E-state index in [4.69, 9.17) is 9.47 Å². The fourth-order valence-electron chi connectivity index (χ4n) is 3.48. The summed E-state index contributed by atoms with van der Waals surface area (Å²) in [6, 6.07) is 5.72. The molecule has 0 N–H and O–H groups in total. The summed E-state index contributed by atoms with van der Waals surface area (Å²) in [4.78, 5) is 28.8. The normalized spacial score (nSPS) is 18.7. The number of ether oxygens (including phenoxy) is 2. The van der Waals surface area contributed by atoms with Crippen molar-refractivity contribution in [2.45, 2.75) is 39.7 Å². The lowest BCUT2D eigenvalue weighted by Crippen LogP contribution is -2.38. The van der Waals surface area contributed by atoms with Gasteiger partial charge in [-0.1, -0.05) is 19.9 Å². The first-order valence-corrected chi connectivity index (χ1v) is 9.07. The third-order valence-electron chi connectivity index (χ3n) is 4.67. The molecule has 25 heavy (non-hydrogen) atoms. The molecule has 2 heterocycles. The van der Waals surface area contributed by atoms with Crippen molar-refractivity contribution in [3.8, 4) is 11.5 Å². The molecule has 1 unspecified atom stereocenters. The number of rotatable bonds is 7. The molecule has 2 amide bonds. The van der Waals surface area contributed by atoms with E-state index >= 15 is 0 Å². The van der Waals surface area contributed by atoms with Gasteiger partial charge in [-0.2, -0.15) is 0 Å². The van der Waals surface area contributed by atoms with E-state index in [0.29, 0.717) is 25.3 Å². The van der Waals surface area contributed by atoms with Gasteiger partial charge in [0.1, 0.15) is 0 Å². The number of carbonyl (C=O) groups is 2. The summed E-state index contributed by atoms with van der Waals surface area (Å²) < 4.78 is 10.7. The molecule has 0 aliphatic carbocycles. The average molecular weight is 346 g/mol. The first kappa shape index (κ1) is 17.6. The summed E-state index contributed by atoms with van der Waals surface area (Å²) in [6.45, 7) is 6.90. The van der Waals surface area contributed by atoms with Crippen LogP contribution >= 0.6 is 0 Å². The van der Waals surface area contributed by atoms with Crippen LogP contribution in [0.3, 0.4) is 0 Å². The fraction of sp³-hybridized carbons (Fsp3) is 0.579. The van der Waals surface area contributed by atoms with Crippen molar-refractivity contribution in [2.75, 3.05) is 26.4 Å². The maximum atomic E-state index is 12.7. The van der Waals surface area contributed by atoms with E-state index in [1.165, 1.54) is 0 Å². The highest BCUT2D eigenvalue weighted by Gasteiger charge is 2.36. The Labute approximate surface area is 148 Å². The van der Waals surface area contributed by atoms with E-state index in [0.717, 1.165) is 37.2 Å². The number of hydrogen-bond donors (Lipinski definition) is 0. The SMILES string of the molecule is CCCN(CCC)C(=O)C1CC(=O)N(Cc2ccc3c(c2)OCO3)C1. The van der Waals surface area contributed by atoms with E-state index in [1.54, 1.807) is 4.90 Å². The van der Waals surface area contributed by atoms with Crippen molar-refractivity contribution in [2.24, 2.45) is 5.92 Å². The van der Waals surface area contributed by atoms with E-state index in [2.05, 4.69) is 13.8 Å². The van der Waals surface area contributed by atoms with E-state index in [1.807, 2.05) is 23.1 Å². The Hall–Kier alpha value is -2.24. The molecule has 1 saturated heterocycles. The third kappa shape index (κ3) is 3.89. The van der Waals surface area contributed by atoms with E-state index in [-0.39, 0.29) is 24.5 Å². The number of nitrogens with zero attached hydrogens (tertiary/aromatic N) is 2. The summed E-state index contributed by atoms with van der Waals surface area (Å²) in [6.07, 6.45) is 2.19. The quantitative estimate of drug-likeness (QED) is 0.761. The van der Waals surface area contributed by atoms with Crippen LogP contribution in [0.25, 0.3) is 0 Å². The second-order valence-electron chi connectivity index (χ2n) is 6.69. The minimum Gasteiger partial charge on any atom is -0.454 e. The second kappa shape index (κ2) is 7.76. The van der Waals surface area contributed by atoms with Crippen LogP contribution in [0.15, 0.2) is 18.2 Å². The Bertz CT molecular complexity index is 640. The first-order chi connectivity index (χ1) is 12.1. The Morgan fingerprint density at radius 3 is 2.64 bits per heavy atom. The van der Waals surface area contributed by atoms with Gasteiger partial charge in [0.05, 0.1) is 5.92 Å². The molecule has 1 fully saturated rings. The van der Waals surface area contributed by atoms with Crippen LogP contribution in [-0.4, -0.2) is 48.0 Å². The molecule has 6 nitrogen and oxygen atoms in total. The van der Waals surface area contributed by atoms with Crippen molar-refractivity contribution in [1.82, 2.24) is 9.80 Å². The predicted octanol–water partition coefficient (Wildman–Crippen LogP) is 2.41. The van der Waals surface area contributed by atoms with Crippen LogP contribution in [0.4, 0.5) is 0 Å². The van der Waals surface area contributed by atoms with E-state index < -0.39 is 0 Å². The Morgan fingerprint density at radius 2 is 1.92 bits per heavy atom. The maximum Gasteiger partial charge on any atom is 0.231 e. The molecule has 0 radical (unpaired) electrons. The van der Waals surface area contributed by atoms with Gasteiger partial charge in [-0.25, -0.2) is 0 Å². The number of benzene rings is 1. The molecule has 0 spiro atoms. The number of hydrogen-bond acceptors (Lipinski definition) is 4. The van der Waals surface area contributed by atoms with Crippen molar-refractivity contribution in [3.05, 3.63) is 23.8 Å². The Balaban J connectivity index is 1.63. The first-order valence-electron chi connectivity index (χ1n) is 9.07. The molecule has 2 aliphatic heterocycles. The molecule has 0 saturated carbocycles. The highest BCUT2D eigenvalue weighted by molar-refractivity contribution is 5.89. The number of amides is 2. The summed E-state index contributed by atoms with van der Waals surface area (Å²) in [7, 11) is 0. The zero-order valence-electron chi connectivity index (χ0n) is 15.0. The van der Waals surface area contributed by atoms with Crippen LogP contribution in [0, 0.1) is 5.92 Å². The number of carbonyl (C=O) groups excluding carboxylic acids is 2. The summed E-state index contributed by atoms with van der Waals surface area (Å²) in [5.74, 6) is 1.39. The highest BCUT2D eigenvalue weighted by Crippen LogP contribution is 2.33. The Morgan fingerprint density at radius 1 is 1.20 bits per heavy atom. The van der Waals surface area contributed by atoms with Crippen LogP contribution in [0.1, 0.15) is 38.7 Å². The van der Waals surface area contributed by atoms with E-state index in [9.17, 15) is 9.59 Å². The lowest BCUT2D eigenvalue weighted by Gasteiger charge is -2.24. The molecule has 6 heteroatoms. The molecule has 1 aromatic carbocycles. The summed E-state index contributed by atoms with van der Waals surface area (Å²) in [5, 5.41) is 0. The predicted molar refractivity (Wildman–Crippen MR) is 93.3 cm³/mol. The van der Waals surface area contributed by atoms with Crippen molar-refractivity contribution >= 4 is 11.8 Å². The van der Waals surface area contributed by atoms with Crippen LogP contribution in [0.5, 0.6) is 11.5 Å². The molecule has 1 atom stereocenters. The maximum absolute atomic E-state index is 12.7. The van der Waals surface area contributed by atoms with Gasteiger partial charge in [-0.3, -0.25) is 9.59 Å². The standard InChI is InChI=1S/C19H26N2O4/c1-3-7-20(8-4-2)19(23)15-10-18(22)21(12-15)11-14-5-6-16-17(9-14)25-13-24-16/h5-6,9,15H,3-4,7-8,10-13H2,1-2H3. The molecule has 0 bridgehead atoms. The lowest BCUT2D eigenvalue weighted by molar-refractivity contribution is -0.136. The average Bonchev–Trinajstić information content (AvgIpc) is 3.20. The monoisotopic (exact) mass is 346 g/mol. The van der Waals surface area contributed by atoms with Gasteiger partial charge in [0.2, 0.25) is 18.6 Å². The second-order valence-corrected chi connectivity index (χ2v) is 6.69. The van der Waals surface area contributed by atoms with Gasteiger partial charge in [-0.15, -0.1) is 0 Å². The highest BCUT2D eigenvalue weighted by atomic mass is 16.7. The third-order valence-corrected chi connectivity index (χ3v) is 4.67. The lowest BCUT2D eigenvalue weighted by atomic mass is 10.1. The molecule has 0 aromatic heterocycles. The minimum atomic E-state index is -0.223. The van der Waals surface area contributed by atoms with Crippen molar-refractivity contribution < 1.29 is 19.1 Å². The summed E-state index contributed by atoms with van der Waals surface area (Å²) in [5.41, 5.74) is 0.990. The largest absolute Gasteiger partial charge is 0.454 e. The Kier molecular flexibility index (Phi) is 5.46. The molecular weight excluding hydrogens is 320 g/mol. The zero-order chi connectivity index (χ0) is 17.8. The number of fused-ring (bicyclic) bond motifs is 1. The van der Waals surface area contributed by atoms with Gasteiger partial charge < -0.3 is 19.3 Å². The fourth-order valence-corrected chi connectivity index (χ4v) is 3.48. The molecule has 3 rings (SSSR count). The topological polar surface area (TPSA) is 59.1 Å². The van der Waals surface area contributed by atoms with Crippen LogP contribution < -0.4 is 9.47 Å². The van der Waals surface area contributed by atoms with Crippen LogP contribution in [-0.2, 0) is 16.1 Å². The molecule has 1 aromatic rings. The van der Waals surface area contributed by atoms with Crippen molar-refractivity contribution in [3.63, 3.8) is 0 Å². The minimum absolute atomic E-state index is 0.0453. The molecule has 2 aliphatic rings. The van der Waals surface area contributed by atoms with Gasteiger partial charge in [0.25, 0.3) is 0 Å². The van der Waals surface area contributed by atoms with Gasteiger partial charge in [0.15, 0.2) is 11.5 Å². The zero-order valence-corrected chi connectivity index (χ0v) is 15.0. The van der Waals surface area contributed by atoms with Gasteiger partial charge >= 0.3 is 0 Å². The molecular formula is C19H26N2O4. The van der Waals surface area contributed by atoms with Gasteiger partial charge in [-0.05, 0) is 30.5 Å². The smallest absolute Gasteiger partial charge is 0.231 e. The van der Waals surface area contributed by atoms with Gasteiger partial charge in [0, 0.05) is 32.6 Å². The molecule has 136 valence electrons. The van der Waals surface area contributed by atoms with Crippen LogP contribution in [0.2, 0.25) is 0 Å². The summed E-state index contributed by atoms with van der Waals surface area (Å²) >= 11 is 0. The van der Waals surface area contributed by atoms with Crippen molar-refractivity contribution in [1.29, 1.82) is 0 Å².